The number of rotatable bonds is 6. The molecule has 0 aliphatic rings. The second kappa shape index (κ2) is 7.53. The van der Waals surface area contributed by atoms with Gasteiger partial charge in [0.15, 0.2) is 0 Å². The van der Waals surface area contributed by atoms with Gasteiger partial charge in [0.25, 0.3) is 5.91 Å². The average molecular weight is 346 g/mol. The van der Waals surface area contributed by atoms with E-state index in [1.165, 1.54) is 11.3 Å². The number of carbonyl (C=O) groups excluding carboxylic acids is 2. The Bertz CT molecular complexity index is 722. The highest BCUT2D eigenvalue weighted by Crippen LogP contribution is 2.31. The fourth-order valence-corrected chi connectivity index (χ4v) is 2.73. The molecule has 1 aromatic carbocycles. The van der Waals surface area contributed by atoms with E-state index in [0.717, 1.165) is 11.4 Å². The van der Waals surface area contributed by atoms with Crippen molar-refractivity contribution < 1.29 is 9.59 Å². The number of benzene rings is 1. The standard InChI is InChI=1S/C17H22N4O2S/c1-5-13(22)18-12-9-7-11(8-10-12)14(23)19-16-21-20-15(24-16)17(3,4)6-2/h7-10H,5-6H2,1-4H3,(H,18,22)(H,19,21,23). The lowest BCUT2D eigenvalue weighted by atomic mass is 9.91. The van der Waals surface area contributed by atoms with Crippen LogP contribution in [0.3, 0.4) is 0 Å². The number of hydrogen-bond donors (Lipinski definition) is 2. The van der Waals surface area contributed by atoms with E-state index in [0.29, 0.717) is 22.8 Å². The van der Waals surface area contributed by atoms with E-state index >= 15 is 0 Å². The lowest BCUT2D eigenvalue weighted by Crippen LogP contribution is -2.14. The molecule has 7 heteroatoms. The van der Waals surface area contributed by atoms with E-state index in [4.69, 9.17) is 0 Å². The molecule has 2 rings (SSSR count). The quantitative estimate of drug-likeness (QED) is 0.832. The van der Waals surface area contributed by atoms with E-state index in [-0.39, 0.29) is 17.2 Å². The highest BCUT2D eigenvalue weighted by Gasteiger charge is 2.23. The number of anilines is 2. The van der Waals surface area contributed by atoms with Gasteiger partial charge in [-0.25, -0.2) is 0 Å². The molecule has 0 aliphatic carbocycles. The van der Waals surface area contributed by atoms with Crippen molar-refractivity contribution in [3.63, 3.8) is 0 Å². The van der Waals surface area contributed by atoms with Gasteiger partial charge >= 0.3 is 0 Å². The minimum Gasteiger partial charge on any atom is -0.326 e. The summed E-state index contributed by atoms with van der Waals surface area (Å²) in [4.78, 5) is 23.6. The van der Waals surface area contributed by atoms with Gasteiger partial charge in [-0.15, -0.1) is 10.2 Å². The number of aromatic nitrogens is 2. The molecular formula is C17H22N4O2S. The Balaban J connectivity index is 2.03. The zero-order valence-corrected chi connectivity index (χ0v) is 15.2. The monoisotopic (exact) mass is 346 g/mol. The Kier molecular flexibility index (Phi) is 5.66. The van der Waals surface area contributed by atoms with Crippen LogP contribution < -0.4 is 10.6 Å². The Labute approximate surface area is 145 Å². The first-order valence-electron chi connectivity index (χ1n) is 7.91. The minimum absolute atomic E-state index is 0.0558. The molecule has 0 saturated heterocycles. The van der Waals surface area contributed by atoms with Crippen molar-refractivity contribution in [2.45, 2.75) is 46.0 Å². The van der Waals surface area contributed by atoms with Crippen LogP contribution in [0.5, 0.6) is 0 Å². The molecule has 2 aromatic rings. The fraction of sp³-hybridized carbons (Fsp3) is 0.412. The van der Waals surface area contributed by atoms with Gasteiger partial charge in [-0.3, -0.25) is 14.9 Å². The number of nitrogens with zero attached hydrogens (tertiary/aromatic N) is 2. The predicted octanol–water partition coefficient (Wildman–Crippen LogP) is 3.83. The molecule has 0 bridgehead atoms. The van der Waals surface area contributed by atoms with Crippen molar-refractivity contribution in [3.8, 4) is 0 Å². The Hall–Kier alpha value is -2.28. The van der Waals surface area contributed by atoms with E-state index < -0.39 is 0 Å². The summed E-state index contributed by atoms with van der Waals surface area (Å²) in [6.07, 6.45) is 1.36. The molecule has 2 N–H and O–H groups in total. The first kappa shape index (κ1) is 18.1. The third kappa shape index (κ3) is 4.38. The van der Waals surface area contributed by atoms with Crippen LogP contribution in [0.4, 0.5) is 10.8 Å². The highest BCUT2D eigenvalue weighted by molar-refractivity contribution is 7.15. The molecule has 2 amide bonds. The van der Waals surface area contributed by atoms with Crippen LogP contribution in [0, 0.1) is 0 Å². The summed E-state index contributed by atoms with van der Waals surface area (Å²) in [5.41, 5.74) is 1.11. The molecule has 24 heavy (non-hydrogen) atoms. The summed E-state index contributed by atoms with van der Waals surface area (Å²) in [5, 5.41) is 15.1. The number of amides is 2. The van der Waals surface area contributed by atoms with Crippen LogP contribution >= 0.6 is 11.3 Å². The Morgan fingerprint density at radius 1 is 1.08 bits per heavy atom. The van der Waals surface area contributed by atoms with Crippen LogP contribution in [0.15, 0.2) is 24.3 Å². The number of nitrogens with one attached hydrogen (secondary N) is 2. The first-order valence-corrected chi connectivity index (χ1v) is 8.72. The Morgan fingerprint density at radius 3 is 2.33 bits per heavy atom. The molecule has 1 aromatic heterocycles. The molecule has 0 spiro atoms. The lowest BCUT2D eigenvalue weighted by Gasteiger charge is -2.17. The van der Waals surface area contributed by atoms with Crippen LogP contribution in [-0.4, -0.2) is 22.0 Å². The minimum atomic E-state index is -0.250. The van der Waals surface area contributed by atoms with E-state index in [2.05, 4.69) is 41.6 Å². The maximum atomic E-state index is 12.3. The molecule has 0 radical (unpaired) electrons. The molecule has 0 fully saturated rings. The zero-order chi connectivity index (χ0) is 17.7. The van der Waals surface area contributed by atoms with Crippen molar-refractivity contribution in [3.05, 3.63) is 34.8 Å². The normalized spacial score (nSPS) is 11.2. The molecular weight excluding hydrogens is 324 g/mol. The average Bonchev–Trinajstić information content (AvgIpc) is 3.04. The molecule has 128 valence electrons. The molecule has 0 aliphatic heterocycles. The number of carbonyl (C=O) groups is 2. The second-order valence-electron chi connectivity index (χ2n) is 6.08. The van der Waals surface area contributed by atoms with E-state index in [9.17, 15) is 9.59 Å². The maximum absolute atomic E-state index is 12.3. The van der Waals surface area contributed by atoms with Gasteiger partial charge in [0.2, 0.25) is 11.0 Å². The third-order valence-electron chi connectivity index (χ3n) is 3.86. The predicted molar refractivity (Wildman–Crippen MR) is 96.5 cm³/mol. The van der Waals surface area contributed by atoms with Gasteiger partial charge in [0.1, 0.15) is 5.01 Å². The fourth-order valence-electron chi connectivity index (χ4n) is 1.82. The summed E-state index contributed by atoms with van der Waals surface area (Å²) in [6.45, 7) is 8.08. The van der Waals surface area contributed by atoms with E-state index in [1.54, 1.807) is 31.2 Å². The second-order valence-corrected chi connectivity index (χ2v) is 7.06. The maximum Gasteiger partial charge on any atom is 0.257 e. The van der Waals surface area contributed by atoms with Crippen LogP contribution in [-0.2, 0) is 10.2 Å². The topological polar surface area (TPSA) is 84.0 Å². The Morgan fingerprint density at radius 2 is 1.75 bits per heavy atom. The molecule has 0 saturated carbocycles. The molecule has 1 heterocycles. The molecule has 0 atom stereocenters. The van der Waals surface area contributed by atoms with Gasteiger partial charge in [-0.2, -0.15) is 0 Å². The van der Waals surface area contributed by atoms with Crippen molar-refractivity contribution in [2.75, 3.05) is 10.6 Å². The third-order valence-corrected chi connectivity index (χ3v) is 5.06. The lowest BCUT2D eigenvalue weighted by molar-refractivity contribution is -0.115. The van der Waals surface area contributed by atoms with Gasteiger partial charge in [0.05, 0.1) is 0 Å². The van der Waals surface area contributed by atoms with Crippen LogP contribution in [0.1, 0.15) is 55.9 Å². The summed E-state index contributed by atoms with van der Waals surface area (Å²) >= 11 is 1.39. The number of hydrogen-bond acceptors (Lipinski definition) is 5. The van der Waals surface area contributed by atoms with E-state index in [1.807, 2.05) is 0 Å². The van der Waals surface area contributed by atoms with Crippen LogP contribution in [0.25, 0.3) is 0 Å². The van der Waals surface area contributed by atoms with Crippen molar-refractivity contribution in [2.24, 2.45) is 0 Å². The SMILES string of the molecule is CCC(=O)Nc1ccc(C(=O)Nc2nnc(C(C)(C)CC)s2)cc1. The van der Waals surface area contributed by atoms with Crippen LogP contribution in [0.2, 0.25) is 0 Å². The highest BCUT2D eigenvalue weighted by atomic mass is 32.1. The summed E-state index contributed by atoms with van der Waals surface area (Å²) in [5.74, 6) is -0.312. The van der Waals surface area contributed by atoms with Crippen molar-refractivity contribution in [1.29, 1.82) is 0 Å². The van der Waals surface area contributed by atoms with Gasteiger partial charge in [0, 0.05) is 23.1 Å². The van der Waals surface area contributed by atoms with Gasteiger partial charge < -0.3 is 5.32 Å². The van der Waals surface area contributed by atoms with Crippen molar-refractivity contribution in [1.82, 2.24) is 10.2 Å². The smallest absolute Gasteiger partial charge is 0.257 e. The van der Waals surface area contributed by atoms with Gasteiger partial charge in [-0.1, -0.05) is 39.0 Å². The summed E-state index contributed by atoms with van der Waals surface area (Å²) < 4.78 is 0. The molecule has 6 nitrogen and oxygen atoms in total. The van der Waals surface area contributed by atoms with Crippen molar-refractivity contribution >= 4 is 34.0 Å². The zero-order valence-electron chi connectivity index (χ0n) is 14.3. The molecule has 0 unspecified atom stereocenters. The first-order chi connectivity index (χ1) is 11.4. The summed E-state index contributed by atoms with van der Waals surface area (Å²) in [7, 11) is 0. The summed E-state index contributed by atoms with van der Waals surface area (Å²) in [6, 6.07) is 6.74. The van der Waals surface area contributed by atoms with Gasteiger partial charge in [-0.05, 0) is 30.7 Å². The largest absolute Gasteiger partial charge is 0.326 e.